The van der Waals surface area contributed by atoms with E-state index in [1.165, 1.54) is 38.6 Å². The van der Waals surface area contributed by atoms with Crippen molar-refractivity contribution >= 4 is 37.7 Å². The van der Waals surface area contributed by atoms with Crippen LogP contribution in [0.15, 0.2) is 65.1 Å². The Kier molecular flexibility index (Phi) is 3.93. The molecule has 0 fully saturated rings. The molecule has 0 atom stereocenters. The van der Waals surface area contributed by atoms with Crippen LogP contribution in [0.2, 0.25) is 0 Å². The minimum Gasteiger partial charge on any atom is -0.309 e. The molecule has 3 aromatic carbocycles. The molecule has 1 aromatic heterocycles. The van der Waals surface area contributed by atoms with Gasteiger partial charge in [-0.25, -0.2) is 0 Å². The average molecular weight is 378 g/mol. The van der Waals surface area contributed by atoms with Crippen molar-refractivity contribution < 1.29 is 0 Å². The predicted octanol–water partition coefficient (Wildman–Crippen LogP) is 6.67. The van der Waals surface area contributed by atoms with Crippen LogP contribution in [-0.4, -0.2) is 4.57 Å². The second-order valence-electron chi connectivity index (χ2n) is 6.22. The van der Waals surface area contributed by atoms with Crippen molar-refractivity contribution in [2.45, 2.75) is 26.7 Å². The van der Waals surface area contributed by atoms with Crippen LogP contribution in [0.4, 0.5) is 0 Å². The number of fused-ring (bicyclic) bond motifs is 3. The Balaban J connectivity index is 2.12. The SMILES string of the molecule is CCc1ccc2c(c1)c1cc(CC)ccc1n2-c1ccc(Br)cc1. The minimum absolute atomic E-state index is 1.06. The van der Waals surface area contributed by atoms with Gasteiger partial charge in [-0.3, -0.25) is 0 Å². The summed E-state index contributed by atoms with van der Waals surface area (Å²) in [6.07, 6.45) is 2.13. The van der Waals surface area contributed by atoms with Crippen LogP contribution in [-0.2, 0) is 12.8 Å². The van der Waals surface area contributed by atoms with E-state index in [2.05, 4.69) is 95.0 Å². The van der Waals surface area contributed by atoms with E-state index in [9.17, 15) is 0 Å². The first kappa shape index (κ1) is 15.5. The molecule has 0 saturated heterocycles. The van der Waals surface area contributed by atoms with Crippen LogP contribution >= 0.6 is 15.9 Å². The molecule has 0 amide bonds. The lowest BCUT2D eigenvalue weighted by molar-refractivity contribution is 1.13. The molecule has 1 nitrogen and oxygen atoms in total. The molecule has 0 spiro atoms. The molecule has 4 aromatic rings. The van der Waals surface area contributed by atoms with Crippen LogP contribution in [0.3, 0.4) is 0 Å². The zero-order valence-electron chi connectivity index (χ0n) is 14.0. The number of hydrogen-bond acceptors (Lipinski definition) is 0. The third-order valence-corrected chi connectivity index (χ3v) is 5.32. The van der Waals surface area contributed by atoms with Gasteiger partial charge in [0, 0.05) is 20.9 Å². The van der Waals surface area contributed by atoms with Gasteiger partial charge in [0.25, 0.3) is 0 Å². The highest BCUT2D eigenvalue weighted by atomic mass is 79.9. The third kappa shape index (κ3) is 2.46. The summed E-state index contributed by atoms with van der Waals surface area (Å²) in [7, 11) is 0. The Labute approximate surface area is 151 Å². The summed E-state index contributed by atoms with van der Waals surface area (Å²) in [5.74, 6) is 0. The number of nitrogens with zero attached hydrogens (tertiary/aromatic N) is 1. The van der Waals surface area contributed by atoms with Gasteiger partial charge in [0.15, 0.2) is 0 Å². The maximum atomic E-state index is 3.54. The number of aromatic nitrogens is 1. The van der Waals surface area contributed by atoms with Gasteiger partial charge in [-0.05, 0) is 72.5 Å². The second-order valence-corrected chi connectivity index (χ2v) is 7.14. The van der Waals surface area contributed by atoms with Crippen molar-refractivity contribution in [3.8, 4) is 5.69 Å². The van der Waals surface area contributed by atoms with E-state index in [0.717, 1.165) is 17.3 Å². The average Bonchev–Trinajstić information content (AvgIpc) is 2.95. The topological polar surface area (TPSA) is 4.93 Å². The van der Waals surface area contributed by atoms with Gasteiger partial charge in [-0.1, -0.05) is 41.9 Å². The van der Waals surface area contributed by atoms with Gasteiger partial charge >= 0.3 is 0 Å². The van der Waals surface area contributed by atoms with Crippen molar-refractivity contribution in [3.05, 3.63) is 76.3 Å². The number of aryl methyl sites for hydroxylation is 2. The van der Waals surface area contributed by atoms with Crippen molar-refractivity contribution in [3.63, 3.8) is 0 Å². The molecule has 120 valence electrons. The van der Waals surface area contributed by atoms with Gasteiger partial charge in [-0.2, -0.15) is 0 Å². The summed E-state index contributed by atoms with van der Waals surface area (Å²) in [5, 5.41) is 2.70. The summed E-state index contributed by atoms with van der Waals surface area (Å²) in [6.45, 7) is 4.43. The summed E-state index contributed by atoms with van der Waals surface area (Å²) >= 11 is 3.54. The van der Waals surface area contributed by atoms with Crippen molar-refractivity contribution in [1.29, 1.82) is 0 Å². The minimum atomic E-state index is 1.06. The maximum Gasteiger partial charge on any atom is 0.0541 e. The Morgan fingerprint density at radius 3 is 1.67 bits per heavy atom. The first-order chi connectivity index (χ1) is 11.7. The summed E-state index contributed by atoms with van der Waals surface area (Å²) in [4.78, 5) is 0. The number of halogens is 1. The highest BCUT2D eigenvalue weighted by molar-refractivity contribution is 9.10. The highest BCUT2D eigenvalue weighted by Crippen LogP contribution is 2.33. The molecular weight excluding hydrogens is 358 g/mol. The second kappa shape index (κ2) is 6.10. The molecule has 1 heterocycles. The summed E-state index contributed by atoms with van der Waals surface area (Å²) in [5.41, 5.74) is 6.53. The van der Waals surface area contributed by atoms with Gasteiger partial charge < -0.3 is 4.57 Å². The quantitative estimate of drug-likeness (QED) is 0.375. The van der Waals surface area contributed by atoms with Crippen molar-refractivity contribution in [2.75, 3.05) is 0 Å². The van der Waals surface area contributed by atoms with Gasteiger partial charge in [0.1, 0.15) is 0 Å². The van der Waals surface area contributed by atoms with Gasteiger partial charge in [0.05, 0.1) is 11.0 Å². The fourth-order valence-electron chi connectivity index (χ4n) is 3.43. The van der Waals surface area contributed by atoms with Crippen molar-refractivity contribution in [2.24, 2.45) is 0 Å². The Hall–Kier alpha value is -2.06. The zero-order chi connectivity index (χ0) is 16.7. The highest BCUT2D eigenvalue weighted by Gasteiger charge is 2.13. The smallest absolute Gasteiger partial charge is 0.0541 e. The number of hydrogen-bond donors (Lipinski definition) is 0. The lowest BCUT2D eigenvalue weighted by atomic mass is 10.1. The molecule has 4 rings (SSSR count). The van der Waals surface area contributed by atoms with E-state index in [0.29, 0.717) is 0 Å². The van der Waals surface area contributed by atoms with Gasteiger partial charge in [-0.15, -0.1) is 0 Å². The van der Waals surface area contributed by atoms with Crippen molar-refractivity contribution in [1.82, 2.24) is 4.57 Å². The first-order valence-electron chi connectivity index (χ1n) is 8.53. The molecule has 24 heavy (non-hydrogen) atoms. The summed E-state index contributed by atoms with van der Waals surface area (Å²) < 4.78 is 3.48. The van der Waals surface area contributed by atoms with E-state index in [-0.39, 0.29) is 0 Å². The van der Waals surface area contributed by atoms with E-state index in [1.807, 2.05) is 0 Å². The molecule has 0 aliphatic rings. The predicted molar refractivity (Wildman–Crippen MR) is 107 cm³/mol. The van der Waals surface area contributed by atoms with E-state index >= 15 is 0 Å². The monoisotopic (exact) mass is 377 g/mol. The largest absolute Gasteiger partial charge is 0.309 e. The Morgan fingerprint density at radius 2 is 1.21 bits per heavy atom. The molecule has 0 unspecified atom stereocenters. The molecule has 0 radical (unpaired) electrons. The Bertz CT molecular complexity index is 964. The molecule has 0 bridgehead atoms. The lowest BCUT2D eigenvalue weighted by Gasteiger charge is -2.08. The molecular formula is C22H20BrN. The van der Waals surface area contributed by atoms with Crippen LogP contribution in [0.1, 0.15) is 25.0 Å². The summed E-state index contributed by atoms with van der Waals surface area (Å²) in [6, 6.07) is 22.3. The molecule has 0 aliphatic heterocycles. The first-order valence-corrected chi connectivity index (χ1v) is 9.32. The fraction of sp³-hybridized carbons (Fsp3) is 0.182. The van der Waals surface area contributed by atoms with Crippen LogP contribution < -0.4 is 0 Å². The number of rotatable bonds is 3. The maximum absolute atomic E-state index is 3.54. The fourth-order valence-corrected chi connectivity index (χ4v) is 3.69. The molecule has 2 heteroatoms. The number of benzene rings is 3. The van der Waals surface area contributed by atoms with Crippen LogP contribution in [0, 0.1) is 0 Å². The third-order valence-electron chi connectivity index (χ3n) is 4.80. The van der Waals surface area contributed by atoms with E-state index < -0.39 is 0 Å². The van der Waals surface area contributed by atoms with E-state index in [4.69, 9.17) is 0 Å². The van der Waals surface area contributed by atoms with Gasteiger partial charge in [0.2, 0.25) is 0 Å². The molecule has 0 aliphatic carbocycles. The van der Waals surface area contributed by atoms with Crippen LogP contribution in [0.25, 0.3) is 27.5 Å². The standard InChI is InChI=1S/C22H20BrN/c1-3-15-5-11-21-19(13-15)20-14-16(4-2)6-12-22(20)24(21)18-9-7-17(23)8-10-18/h5-14H,3-4H2,1-2H3. The van der Waals surface area contributed by atoms with Crippen LogP contribution in [0.5, 0.6) is 0 Å². The molecule has 0 saturated carbocycles. The lowest BCUT2D eigenvalue weighted by Crippen LogP contribution is -1.93. The molecule has 0 N–H and O–H groups in total. The Morgan fingerprint density at radius 1 is 0.708 bits per heavy atom. The zero-order valence-corrected chi connectivity index (χ0v) is 15.6. The normalized spacial score (nSPS) is 11.5. The van der Waals surface area contributed by atoms with E-state index in [1.54, 1.807) is 0 Å².